The summed E-state index contributed by atoms with van der Waals surface area (Å²) in [5.74, 6) is 1.59. The maximum Gasteiger partial charge on any atom is 0.226 e. The molecule has 0 aliphatic heterocycles. The smallest absolute Gasteiger partial charge is 0.226 e. The van der Waals surface area contributed by atoms with Gasteiger partial charge < -0.3 is 15.4 Å². The third-order valence-corrected chi connectivity index (χ3v) is 2.65. The Balaban J connectivity index is 1.91. The Morgan fingerprint density at radius 3 is 2.67 bits per heavy atom. The van der Waals surface area contributed by atoms with Crippen LogP contribution in [0.2, 0.25) is 0 Å². The molecule has 0 aliphatic carbocycles. The van der Waals surface area contributed by atoms with Crippen LogP contribution in [0, 0.1) is 0 Å². The quantitative estimate of drug-likeness (QED) is 0.758. The maximum atomic E-state index is 9.19. The maximum absolute atomic E-state index is 9.19. The molecule has 2 rings (SSSR count). The van der Waals surface area contributed by atoms with Crippen molar-refractivity contribution in [2.45, 2.75) is 25.7 Å². The van der Waals surface area contributed by atoms with E-state index >= 15 is 0 Å². The van der Waals surface area contributed by atoms with Crippen LogP contribution in [-0.4, -0.2) is 21.8 Å². The molecule has 0 spiro atoms. The second kappa shape index (κ2) is 6.16. The molecule has 96 valence electrons. The first-order valence-corrected chi connectivity index (χ1v) is 6.07. The number of aromatic nitrogens is 2. The molecule has 0 aliphatic rings. The lowest BCUT2D eigenvalue weighted by atomic mass is 10.1. The number of nitrogens with two attached hydrogens (primary N) is 1. The molecular weight excluding hydrogens is 230 g/mol. The summed E-state index contributed by atoms with van der Waals surface area (Å²) in [6.07, 6.45) is 3.33. The first-order valence-electron chi connectivity index (χ1n) is 6.07. The lowest BCUT2D eigenvalue weighted by Gasteiger charge is -1.96. The molecular formula is C13H17N3O2. The fourth-order valence-electron chi connectivity index (χ4n) is 1.68. The molecule has 0 fully saturated rings. The Hall–Kier alpha value is -1.88. The third-order valence-electron chi connectivity index (χ3n) is 2.65. The molecule has 18 heavy (non-hydrogen) atoms. The van der Waals surface area contributed by atoms with E-state index in [0.717, 1.165) is 24.8 Å². The minimum absolute atomic E-state index is 0.259. The molecule has 0 bridgehead atoms. The van der Waals surface area contributed by atoms with Gasteiger partial charge in [0.05, 0.1) is 0 Å². The van der Waals surface area contributed by atoms with E-state index in [4.69, 9.17) is 10.3 Å². The van der Waals surface area contributed by atoms with Crippen molar-refractivity contribution in [1.29, 1.82) is 0 Å². The molecule has 1 aromatic carbocycles. The summed E-state index contributed by atoms with van der Waals surface area (Å²) in [6.45, 7) is 0.689. The van der Waals surface area contributed by atoms with Gasteiger partial charge in [-0.05, 0) is 37.1 Å². The molecule has 0 unspecified atom stereocenters. The van der Waals surface area contributed by atoms with Crippen LogP contribution in [0.3, 0.4) is 0 Å². The van der Waals surface area contributed by atoms with Crippen molar-refractivity contribution in [3.05, 3.63) is 41.5 Å². The third kappa shape index (κ3) is 3.56. The van der Waals surface area contributed by atoms with Crippen LogP contribution in [0.5, 0.6) is 5.75 Å². The van der Waals surface area contributed by atoms with Gasteiger partial charge in [-0.2, -0.15) is 4.98 Å². The molecule has 1 heterocycles. The van der Waals surface area contributed by atoms with Crippen LogP contribution in [-0.2, 0) is 12.8 Å². The Morgan fingerprint density at radius 1 is 1.17 bits per heavy atom. The van der Waals surface area contributed by atoms with Crippen LogP contribution in [0.15, 0.2) is 28.8 Å². The molecule has 1 aromatic heterocycles. The van der Waals surface area contributed by atoms with Gasteiger partial charge in [0, 0.05) is 12.8 Å². The summed E-state index contributed by atoms with van der Waals surface area (Å²) in [5, 5.41) is 13.1. The molecule has 0 atom stereocenters. The summed E-state index contributed by atoms with van der Waals surface area (Å²) in [5.41, 5.74) is 6.47. The molecule has 3 N–H and O–H groups in total. The molecule has 0 amide bonds. The summed E-state index contributed by atoms with van der Waals surface area (Å²) < 4.78 is 5.16. The van der Waals surface area contributed by atoms with E-state index in [1.165, 1.54) is 0 Å². The van der Waals surface area contributed by atoms with Gasteiger partial charge in [0.2, 0.25) is 5.89 Å². The number of aryl methyl sites for hydroxylation is 1. The monoisotopic (exact) mass is 247 g/mol. The molecule has 5 heteroatoms. The van der Waals surface area contributed by atoms with E-state index in [2.05, 4.69) is 10.1 Å². The highest BCUT2D eigenvalue weighted by atomic mass is 16.5. The predicted molar refractivity (Wildman–Crippen MR) is 67.2 cm³/mol. The van der Waals surface area contributed by atoms with Crippen LogP contribution in [0.1, 0.15) is 30.1 Å². The van der Waals surface area contributed by atoms with Crippen LogP contribution < -0.4 is 5.73 Å². The van der Waals surface area contributed by atoms with Crippen molar-refractivity contribution >= 4 is 0 Å². The van der Waals surface area contributed by atoms with Gasteiger partial charge in [-0.3, -0.25) is 0 Å². The van der Waals surface area contributed by atoms with Crippen molar-refractivity contribution in [3.8, 4) is 5.75 Å². The van der Waals surface area contributed by atoms with Crippen molar-refractivity contribution < 1.29 is 9.63 Å². The molecule has 0 saturated heterocycles. The van der Waals surface area contributed by atoms with E-state index in [-0.39, 0.29) is 5.75 Å². The van der Waals surface area contributed by atoms with E-state index < -0.39 is 0 Å². The summed E-state index contributed by atoms with van der Waals surface area (Å²) >= 11 is 0. The zero-order chi connectivity index (χ0) is 12.8. The van der Waals surface area contributed by atoms with E-state index in [1.807, 2.05) is 12.1 Å². The van der Waals surface area contributed by atoms with Gasteiger partial charge in [0.1, 0.15) is 5.75 Å². The first-order chi connectivity index (χ1) is 8.78. The summed E-state index contributed by atoms with van der Waals surface area (Å²) in [6, 6.07) is 6.99. The largest absolute Gasteiger partial charge is 0.508 e. The average Bonchev–Trinajstić information content (AvgIpc) is 2.80. The number of hydrogen-bond acceptors (Lipinski definition) is 5. The Labute approximate surface area is 106 Å². The lowest BCUT2D eigenvalue weighted by Crippen LogP contribution is -1.99. The highest BCUT2D eigenvalue weighted by Crippen LogP contribution is 2.12. The molecule has 5 nitrogen and oxygen atoms in total. The number of nitrogens with zero attached hydrogens (tertiary/aromatic N) is 2. The minimum atomic E-state index is 0.259. The van der Waals surface area contributed by atoms with E-state index in [9.17, 15) is 5.11 Å². The van der Waals surface area contributed by atoms with Crippen LogP contribution in [0.25, 0.3) is 0 Å². The fraction of sp³-hybridized carbons (Fsp3) is 0.385. The Bertz CT molecular complexity index is 479. The van der Waals surface area contributed by atoms with E-state index in [1.54, 1.807) is 12.1 Å². The van der Waals surface area contributed by atoms with Gasteiger partial charge in [0.15, 0.2) is 5.82 Å². The highest BCUT2D eigenvalue weighted by molar-refractivity contribution is 5.27. The molecule has 0 radical (unpaired) electrons. The number of unbranched alkanes of at least 4 members (excludes halogenated alkanes) is 1. The van der Waals surface area contributed by atoms with Gasteiger partial charge in [0.25, 0.3) is 0 Å². The summed E-state index contributed by atoms with van der Waals surface area (Å²) in [4.78, 5) is 4.32. The SMILES string of the molecule is NCCCCc1nc(Cc2ccc(O)cc2)no1. The highest BCUT2D eigenvalue weighted by Gasteiger charge is 2.06. The van der Waals surface area contributed by atoms with Crippen LogP contribution in [0.4, 0.5) is 0 Å². The number of benzene rings is 1. The zero-order valence-electron chi connectivity index (χ0n) is 10.2. The summed E-state index contributed by atoms with van der Waals surface area (Å²) in [7, 11) is 0. The van der Waals surface area contributed by atoms with Gasteiger partial charge in [-0.15, -0.1) is 0 Å². The number of aromatic hydroxyl groups is 1. The van der Waals surface area contributed by atoms with E-state index in [0.29, 0.717) is 24.7 Å². The van der Waals surface area contributed by atoms with Gasteiger partial charge in [-0.1, -0.05) is 17.3 Å². The number of hydrogen-bond donors (Lipinski definition) is 2. The van der Waals surface area contributed by atoms with Crippen molar-refractivity contribution in [2.24, 2.45) is 5.73 Å². The number of rotatable bonds is 6. The zero-order valence-corrected chi connectivity index (χ0v) is 10.2. The van der Waals surface area contributed by atoms with Gasteiger partial charge >= 0.3 is 0 Å². The standard InChI is InChI=1S/C13H17N3O2/c14-8-2-1-3-13-15-12(16-18-13)9-10-4-6-11(17)7-5-10/h4-7,17H,1-3,8-9,14H2. The topological polar surface area (TPSA) is 85.2 Å². The second-order valence-corrected chi connectivity index (χ2v) is 4.19. The minimum Gasteiger partial charge on any atom is -0.508 e. The van der Waals surface area contributed by atoms with Crippen LogP contribution >= 0.6 is 0 Å². The first kappa shape index (κ1) is 12.6. The number of phenolic OH excluding ortho intramolecular Hbond substituents is 1. The van der Waals surface area contributed by atoms with Crippen molar-refractivity contribution in [1.82, 2.24) is 10.1 Å². The Kier molecular flexibility index (Phi) is 4.30. The Morgan fingerprint density at radius 2 is 1.94 bits per heavy atom. The van der Waals surface area contributed by atoms with Crippen molar-refractivity contribution in [3.63, 3.8) is 0 Å². The van der Waals surface area contributed by atoms with Crippen molar-refractivity contribution in [2.75, 3.05) is 6.54 Å². The lowest BCUT2D eigenvalue weighted by molar-refractivity contribution is 0.370. The average molecular weight is 247 g/mol. The number of phenols is 1. The second-order valence-electron chi connectivity index (χ2n) is 4.19. The fourth-order valence-corrected chi connectivity index (χ4v) is 1.68. The molecule has 2 aromatic rings. The molecule has 0 saturated carbocycles. The normalized spacial score (nSPS) is 10.7. The van der Waals surface area contributed by atoms with Gasteiger partial charge in [-0.25, -0.2) is 0 Å². The predicted octanol–water partition coefficient (Wildman–Crippen LogP) is 1.65.